The molecule has 0 spiro atoms. The highest BCUT2D eigenvalue weighted by atomic mass is 16.4. The van der Waals surface area contributed by atoms with E-state index in [9.17, 15) is 9.90 Å². The SMILES string of the molecule is CCCC(C)(CCc1ccccn1)C(=O)O. The lowest BCUT2D eigenvalue weighted by Gasteiger charge is -2.23. The van der Waals surface area contributed by atoms with Gasteiger partial charge in [0.1, 0.15) is 0 Å². The van der Waals surface area contributed by atoms with E-state index in [-0.39, 0.29) is 0 Å². The number of hydrogen-bond acceptors (Lipinski definition) is 2. The van der Waals surface area contributed by atoms with Crippen molar-refractivity contribution in [3.05, 3.63) is 30.1 Å². The molecule has 1 unspecified atom stereocenters. The van der Waals surface area contributed by atoms with Gasteiger partial charge in [0.05, 0.1) is 5.41 Å². The van der Waals surface area contributed by atoms with Crippen LogP contribution in [0.5, 0.6) is 0 Å². The van der Waals surface area contributed by atoms with E-state index in [1.807, 2.05) is 32.0 Å². The van der Waals surface area contributed by atoms with Crippen LogP contribution >= 0.6 is 0 Å². The number of nitrogens with zero attached hydrogens (tertiary/aromatic N) is 1. The number of hydrogen-bond donors (Lipinski definition) is 1. The first kappa shape index (κ1) is 12.7. The van der Waals surface area contributed by atoms with Gasteiger partial charge in [-0.05, 0) is 38.3 Å². The van der Waals surface area contributed by atoms with Crippen LogP contribution in [0, 0.1) is 5.41 Å². The van der Waals surface area contributed by atoms with E-state index in [1.165, 1.54) is 0 Å². The van der Waals surface area contributed by atoms with Gasteiger partial charge in [-0.3, -0.25) is 9.78 Å². The van der Waals surface area contributed by atoms with E-state index < -0.39 is 11.4 Å². The van der Waals surface area contributed by atoms with Crippen molar-refractivity contribution in [2.24, 2.45) is 5.41 Å². The first-order valence-corrected chi connectivity index (χ1v) is 5.72. The van der Waals surface area contributed by atoms with Gasteiger partial charge in [-0.1, -0.05) is 19.4 Å². The van der Waals surface area contributed by atoms with Gasteiger partial charge in [-0.25, -0.2) is 0 Å². The zero-order chi connectivity index (χ0) is 12.0. The maximum Gasteiger partial charge on any atom is 0.309 e. The molecule has 3 heteroatoms. The highest BCUT2D eigenvalue weighted by molar-refractivity contribution is 5.74. The van der Waals surface area contributed by atoms with Crippen molar-refractivity contribution in [2.45, 2.75) is 39.5 Å². The number of carboxylic acid groups (broad SMARTS) is 1. The molecule has 0 aliphatic rings. The van der Waals surface area contributed by atoms with Crippen molar-refractivity contribution in [3.63, 3.8) is 0 Å². The average Bonchev–Trinajstić information content (AvgIpc) is 2.28. The summed E-state index contributed by atoms with van der Waals surface area (Å²) in [7, 11) is 0. The normalized spacial score (nSPS) is 14.4. The Morgan fingerprint density at radius 3 is 2.69 bits per heavy atom. The average molecular weight is 221 g/mol. The minimum absolute atomic E-state index is 0.619. The first-order valence-electron chi connectivity index (χ1n) is 5.72. The Hall–Kier alpha value is -1.38. The summed E-state index contributed by atoms with van der Waals surface area (Å²) in [5.41, 5.74) is 0.345. The summed E-state index contributed by atoms with van der Waals surface area (Å²) in [5.74, 6) is -0.703. The molecule has 1 aromatic rings. The lowest BCUT2D eigenvalue weighted by atomic mass is 9.81. The lowest BCUT2D eigenvalue weighted by molar-refractivity contribution is -0.148. The van der Waals surface area contributed by atoms with Crippen molar-refractivity contribution < 1.29 is 9.90 Å². The number of pyridine rings is 1. The second-order valence-electron chi connectivity index (χ2n) is 4.44. The van der Waals surface area contributed by atoms with Gasteiger partial charge in [0.25, 0.3) is 0 Å². The first-order chi connectivity index (χ1) is 7.58. The predicted octanol–water partition coefficient (Wildman–Crippen LogP) is 2.91. The summed E-state index contributed by atoms with van der Waals surface area (Å²) in [6.07, 6.45) is 4.73. The Labute approximate surface area is 96.5 Å². The van der Waals surface area contributed by atoms with Crippen molar-refractivity contribution in [1.29, 1.82) is 0 Å². The molecule has 1 heterocycles. The summed E-state index contributed by atoms with van der Waals surface area (Å²) < 4.78 is 0. The molecule has 1 atom stereocenters. The van der Waals surface area contributed by atoms with E-state index in [0.29, 0.717) is 6.42 Å². The zero-order valence-corrected chi connectivity index (χ0v) is 9.94. The topological polar surface area (TPSA) is 50.2 Å². The Morgan fingerprint density at radius 1 is 1.44 bits per heavy atom. The maximum absolute atomic E-state index is 11.2. The molecule has 1 aromatic heterocycles. The molecule has 3 nitrogen and oxygen atoms in total. The molecule has 0 radical (unpaired) electrons. The third kappa shape index (κ3) is 3.33. The van der Waals surface area contributed by atoms with Crippen molar-refractivity contribution >= 4 is 5.97 Å². The van der Waals surface area contributed by atoms with E-state index in [1.54, 1.807) is 6.20 Å². The quantitative estimate of drug-likeness (QED) is 0.803. The molecule has 1 rings (SSSR count). The third-order valence-electron chi connectivity index (χ3n) is 2.98. The fourth-order valence-electron chi connectivity index (χ4n) is 1.84. The summed E-state index contributed by atoms with van der Waals surface area (Å²) >= 11 is 0. The zero-order valence-electron chi connectivity index (χ0n) is 9.94. The largest absolute Gasteiger partial charge is 0.481 e. The Kier molecular flexibility index (Phi) is 4.47. The highest BCUT2D eigenvalue weighted by Gasteiger charge is 2.31. The van der Waals surface area contributed by atoms with Gasteiger partial charge in [0, 0.05) is 11.9 Å². The fraction of sp³-hybridized carbons (Fsp3) is 0.538. The molecule has 1 N–H and O–H groups in total. The van der Waals surface area contributed by atoms with E-state index in [4.69, 9.17) is 0 Å². The smallest absolute Gasteiger partial charge is 0.309 e. The summed E-state index contributed by atoms with van der Waals surface area (Å²) in [4.78, 5) is 15.4. The van der Waals surface area contributed by atoms with Crippen LogP contribution in [-0.2, 0) is 11.2 Å². The minimum Gasteiger partial charge on any atom is -0.481 e. The molecule has 0 aromatic carbocycles. The van der Waals surface area contributed by atoms with Gasteiger partial charge in [-0.2, -0.15) is 0 Å². The van der Waals surface area contributed by atoms with Gasteiger partial charge in [0.2, 0.25) is 0 Å². The Morgan fingerprint density at radius 2 is 2.19 bits per heavy atom. The summed E-state index contributed by atoms with van der Waals surface area (Å²) in [5, 5.41) is 9.22. The van der Waals surface area contributed by atoms with Gasteiger partial charge >= 0.3 is 5.97 Å². The third-order valence-corrected chi connectivity index (χ3v) is 2.98. The van der Waals surface area contributed by atoms with Gasteiger partial charge < -0.3 is 5.11 Å². The van der Waals surface area contributed by atoms with Crippen LogP contribution in [0.1, 0.15) is 38.8 Å². The molecular weight excluding hydrogens is 202 g/mol. The lowest BCUT2D eigenvalue weighted by Crippen LogP contribution is -2.28. The van der Waals surface area contributed by atoms with Crippen LogP contribution in [-0.4, -0.2) is 16.1 Å². The molecular formula is C13H19NO2. The van der Waals surface area contributed by atoms with Crippen LogP contribution < -0.4 is 0 Å². The number of aryl methyl sites for hydroxylation is 1. The van der Waals surface area contributed by atoms with Crippen molar-refractivity contribution in [1.82, 2.24) is 4.98 Å². The van der Waals surface area contributed by atoms with E-state index >= 15 is 0 Å². The molecule has 0 fully saturated rings. The Bertz CT molecular complexity index is 337. The second-order valence-corrected chi connectivity index (χ2v) is 4.44. The number of carbonyl (C=O) groups is 1. The Balaban J connectivity index is 2.60. The highest BCUT2D eigenvalue weighted by Crippen LogP contribution is 2.29. The molecule has 0 saturated heterocycles. The summed E-state index contributed by atoms with van der Waals surface area (Å²) in [6.45, 7) is 3.84. The van der Waals surface area contributed by atoms with Crippen LogP contribution in [0.15, 0.2) is 24.4 Å². The van der Waals surface area contributed by atoms with Crippen molar-refractivity contribution in [3.8, 4) is 0 Å². The second kappa shape index (κ2) is 5.64. The number of aromatic nitrogens is 1. The summed E-state index contributed by atoms with van der Waals surface area (Å²) in [6, 6.07) is 5.74. The number of carboxylic acids is 1. The van der Waals surface area contributed by atoms with E-state index in [2.05, 4.69) is 4.98 Å². The van der Waals surface area contributed by atoms with Crippen LogP contribution in [0.25, 0.3) is 0 Å². The molecule has 0 saturated carbocycles. The molecule has 88 valence electrons. The minimum atomic E-state index is -0.703. The molecule has 0 bridgehead atoms. The maximum atomic E-state index is 11.2. The number of rotatable bonds is 6. The van der Waals surface area contributed by atoms with Crippen LogP contribution in [0.4, 0.5) is 0 Å². The van der Waals surface area contributed by atoms with Crippen LogP contribution in [0.2, 0.25) is 0 Å². The standard InChI is InChI=1S/C13H19NO2/c1-3-8-13(2,12(15)16)9-7-11-6-4-5-10-14-11/h4-6,10H,3,7-9H2,1-2H3,(H,15,16). The van der Waals surface area contributed by atoms with Crippen molar-refractivity contribution in [2.75, 3.05) is 0 Å². The monoisotopic (exact) mass is 221 g/mol. The van der Waals surface area contributed by atoms with Gasteiger partial charge in [0.15, 0.2) is 0 Å². The number of aliphatic carboxylic acids is 1. The van der Waals surface area contributed by atoms with E-state index in [0.717, 1.165) is 25.0 Å². The molecule has 16 heavy (non-hydrogen) atoms. The molecule has 0 aliphatic carbocycles. The predicted molar refractivity (Wildman–Crippen MR) is 63.2 cm³/mol. The van der Waals surface area contributed by atoms with Gasteiger partial charge in [-0.15, -0.1) is 0 Å². The molecule has 0 aliphatic heterocycles. The molecule has 0 amide bonds. The van der Waals surface area contributed by atoms with Crippen LogP contribution in [0.3, 0.4) is 0 Å². The fourth-order valence-corrected chi connectivity index (χ4v) is 1.84.